The van der Waals surface area contributed by atoms with E-state index in [4.69, 9.17) is 11.6 Å². The molecule has 2 aromatic carbocycles. The van der Waals surface area contributed by atoms with Gasteiger partial charge in [-0.15, -0.1) is 0 Å². The quantitative estimate of drug-likeness (QED) is 0.818. The molecule has 0 saturated carbocycles. The van der Waals surface area contributed by atoms with Gasteiger partial charge in [0.05, 0.1) is 5.56 Å². The molecule has 0 amide bonds. The second-order valence-corrected chi connectivity index (χ2v) is 4.26. The maximum atomic E-state index is 10.7. The first kappa shape index (κ1) is 11.7. The van der Waals surface area contributed by atoms with E-state index >= 15 is 0 Å². The van der Waals surface area contributed by atoms with Crippen molar-refractivity contribution in [2.45, 2.75) is 6.92 Å². The van der Waals surface area contributed by atoms with Gasteiger partial charge in [0.25, 0.3) is 0 Å². The van der Waals surface area contributed by atoms with Gasteiger partial charge < -0.3 is 5.11 Å². The van der Waals surface area contributed by atoms with Crippen LogP contribution in [0.2, 0.25) is 5.02 Å². The van der Waals surface area contributed by atoms with Crippen molar-refractivity contribution in [2.75, 3.05) is 0 Å². The highest BCUT2D eigenvalue weighted by Crippen LogP contribution is 2.28. The minimum absolute atomic E-state index is 0.0121. The molecule has 0 spiro atoms. The number of halogens is 1. The van der Waals surface area contributed by atoms with Crippen LogP contribution < -0.4 is 0 Å². The molecule has 0 aliphatic carbocycles. The van der Waals surface area contributed by atoms with Gasteiger partial charge in [0.15, 0.2) is 6.29 Å². The van der Waals surface area contributed by atoms with Crippen LogP contribution in [0.25, 0.3) is 11.1 Å². The Kier molecular flexibility index (Phi) is 3.16. The Morgan fingerprint density at radius 2 is 1.76 bits per heavy atom. The summed E-state index contributed by atoms with van der Waals surface area (Å²) in [4.78, 5) is 10.7. The van der Waals surface area contributed by atoms with Gasteiger partial charge in [-0.25, -0.2) is 0 Å². The molecule has 86 valence electrons. The lowest BCUT2D eigenvalue weighted by Crippen LogP contribution is -1.85. The molecule has 0 aromatic heterocycles. The highest BCUT2D eigenvalue weighted by atomic mass is 35.5. The average molecular weight is 247 g/mol. The van der Waals surface area contributed by atoms with Gasteiger partial charge in [0, 0.05) is 5.02 Å². The van der Waals surface area contributed by atoms with E-state index in [0.717, 1.165) is 16.7 Å². The van der Waals surface area contributed by atoms with Crippen LogP contribution in [0.3, 0.4) is 0 Å². The first-order valence-electron chi connectivity index (χ1n) is 5.16. The Morgan fingerprint density at radius 3 is 2.41 bits per heavy atom. The summed E-state index contributed by atoms with van der Waals surface area (Å²) >= 11 is 6.05. The van der Waals surface area contributed by atoms with Gasteiger partial charge >= 0.3 is 0 Å². The topological polar surface area (TPSA) is 37.3 Å². The zero-order valence-electron chi connectivity index (χ0n) is 9.27. The fourth-order valence-corrected chi connectivity index (χ4v) is 1.78. The van der Waals surface area contributed by atoms with Gasteiger partial charge in [0.1, 0.15) is 5.75 Å². The second kappa shape index (κ2) is 4.60. The third-order valence-electron chi connectivity index (χ3n) is 2.66. The van der Waals surface area contributed by atoms with Crippen LogP contribution in [0.15, 0.2) is 36.4 Å². The van der Waals surface area contributed by atoms with Gasteiger partial charge in [-0.2, -0.15) is 0 Å². The molecule has 0 fully saturated rings. The number of aryl methyl sites for hydroxylation is 1. The number of hydrogen-bond donors (Lipinski definition) is 1. The Bertz CT molecular complexity index is 576. The summed E-state index contributed by atoms with van der Waals surface area (Å²) in [5.41, 5.74) is 3.06. The van der Waals surface area contributed by atoms with Crippen LogP contribution in [-0.4, -0.2) is 11.4 Å². The second-order valence-electron chi connectivity index (χ2n) is 3.86. The molecule has 2 rings (SSSR count). The molecule has 0 unspecified atom stereocenters. The van der Waals surface area contributed by atoms with Crippen LogP contribution >= 0.6 is 11.6 Å². The first-order chi connectivity index (χ1) is 8.11. The third-order valence-corrected chi connectivity index (χ3v) is 3.07. The molecule has 0 radical (unpaired) electrons. The third kappa shape index (κ3) is 2.32. The minimum Gasteiger partial charge on any atom is -0.507 e. The standard InChI is InChI=1S/C14H11ClO2/c1-9-2-3-11(7-13(9)15)10-4-5-14(17)12(6-10)8-16/h2-8,17H,1H3. The van der Waals surface area contributed by atoms with Crippen LogP contribution in [-0.2, 0) is 0 Å². The van der Waals surface area contributed by atoms with Crippen molar-refractivity contribution in [3.05, 3.63) is 52.5 Å². The molecule has 0 heterocycles. The molecule has 2 aromatic rings. The summed E-state index contributed by atoms with van der Waals surface area (Å²) in [6.45, 7) is 1.93. The van der Waals surface area contributed by atoms with E-state index < -0.39 is 0 Å². The van der Waals surface area contributed by atoms with Crippen LogP contribution in [0.4, 0.5) is 0 Å². The number of aromatic hydroxyl groups is 1. The lowest BCUT2D eigenvalue weighted by Gasteiger charge is -2.06. The lowest BCUT2D eigenvalue weighted by molar-refractivity contribution is 0.112. The molecule has 0 aliphatic rings. The fourth-order valence-electron chi connectivity index (χ4n) is 1.60. The summed E-state index contributed by atoms with van der Waals surface area (Å²) in [6, 6.07) is 10.6. The van der Waals surface area contributed by atoms with Gasteiger partial charge in [-0.1, -0.05) is 29.8 Å². The summed E-state index contributed by atoms with van der Waals surface area (Å²) in [5.74, 6) is -0.0121. The fraction of sp³-hybridized carbons (Fsp3) is 0.0714. The highest BCUT2D eigenvalue weighted by molar-refractivity contribution is 6.31. The van der Waals surface area contributed by atoms with Crippen molar-refractivity contribution >= 4 is 17.9 Å². The number of rotatable bonds is 2. The first-order valence-corrected chi connectivity index (χ1v) is 5.54. The zero-order valence-corrected chi connectivity index (χ0v) is 10.0. The molecular formula is C14H11ClO2. The van der Waals surface area contributed by atoms with E-state index in [1.165, 1.54) is 6.07 Å². The van der Waals surface area contributed by atoms with Crippen molar-refractivity contribution in [3.8, 4) is 16.9 Å². The predicted octanol–water partition coefficient (Wildman–Crippen LogP) is 3.83. The van der Waals surface area contributed by atoms with Crippen molar-refractivity contribution in [2.24, 2.45) is 0 Å². The Balaban J connectivity index is 2.52. The normalized spacial score (nSPS) is 10.2. The maximum absolute atomic E-state index is 10.7. The maximum Gasteiger partial charge on any atom is 0.153 e. The molecule has 0 saturated heterocycles. The SMILES string of the molecule is Cc1ccc(-c2ccc(O)c(C=O)c2)cc1Cl. The monoisotopic (exact) mass is 246 g/mol. The number of carbonyl (C=O) groups is 1. The zero-order chi connectivity index (χ0) is 12.4. The Morgan fingerprint density at radius 1 is 1.12 bits per heavy atom. The van der Waals surface area contributed by atoms with E-state index in [1.807, 2.05) is 25.1 Å². The molecule has 0 aliphatic heterocycles. The summed E-state index contributed by atoms with van der Waals surface area (Å²) < 4.78 is 0. The largest absolute Gasteiger partial charge is 0.507 e. The van der Waals surface area contributed by atoms with Crippen LogP contribution in [0, 0.1) is 6.92 Å². The smallest absolute Gasteiger partial charge is 0.153 e. The van der Waals surface area contributed by atoms with Crippen LogP contribution in [0.5, 0.6) is 5.75 Å². The Labute approximate surface area is 104 Å². The highest BCUT2D eigenvalue weighted by Gasteiger charge is 2.05. The summed E-state index contributed by atoms with van der Waals surface area (Å²) in [6.07, 6.45) is 0.634. The lowest BCUT2D eigenvalue weighted by atomic mass is 10.0. The van der Waals surface area contributed by atoms with E-state index in [1.54, 1.807) is 12.1 Å². The summed E-state index contributed by atoms with van der Waals surface area (Å²) in [5, 5.41) is 10.1. The van der Waals surface area contributed by atoms with Crippen molar-refractivity contribution in [1.29, 1.82) is 0 Å². The van der Waals surface area contributed by atoms with Gasteiger partial charge in [0.2, 0.25) is 0 Å². The molecule has 1 N–H and O–H groups in total. The van der Waals surface area contributed by atoms with Gasteiger partial charge in [-0.3, -0.25) is 4.79 Å². The number of phenols is 1. The van der Waals surface area contributed by atoms with E-state index in [9.17, 15) is 9.90 Å². The number of phenolic OH excluding ortho intramolecular Hbond substituents is 1. The molecule has 17 heavy (non-hydrogen) atoms. The molecule has 2 nitrogen and oxygen atoms in total. The van der Waals surface area contributed by atoms with Crippen molar-refractivity contribution < 1.29 is 9.90 Å². The van der Waals surface area contributed by atoms with Gasteiger partial charge in [-0.05, 0) is 41.8 Å². The number of hydrogen-bond acceptors (Lipinski definition) is 2. The van der Waals surface area contributed by atoms with E-state index in [0.29, 0.717) is 11.3 Å². The van der Waals surface area contributed by atoms with E-state index in [2.05, 4.69) is 0 Å². The molecule has 0 atom stereocenters. The Hall–Kier alpha value is -1.80. The minimum atomic E-state index is -0.0121. The predicted molar refractivity (Wildman–Crippen MR) is 68.7 cm³/mol. The van der Waals surface area contributed by atoms with Crippen molar-refractivity contribution in [3.63, 3.8) is 0 Å². The number of aldehydes is 1. The molecule has 0 bridgehead atoms. The average Bonchev–Trinajstić information content (AvgIpc) is 2.33. The summed E-state index contributed by atoms with van der Waals surface area (Å²) in [7, 11) is 0. The molecular weight excluding hydrogens is 236 g/mol. The van der Waals surface area contributed by atoms with Crippen molar-refractivity contribution in [1.82, 2.24) is 0 Å². The number of benzene rings is 2. The van der Waals surface area contributed by atoms with E-state index in [-0.39, 0.29) is 11.3 Å². The van der Waals surface area contributed by atoms with Crippen LogP contribution in [0.1, 0.15) is 15.9 Å². The number of carbonyl (C=O) groups excluding carboxylic acids is 1. The molecule has 3 heteroatoms.